The number of halogens is 1. The van der Waals surface area contributed by atoms with Gasteiger partial charge in [-0.1, -0.05) is 13.8 Å². The fraction of sp³-hybridized carbons (Fsp3) is 0.353. The molecular formula is C17H23ClN4O2S. The lowest BCUT2D eigenvalue weighted by molar-refractivity contribution is 0.0948. The van der Waals surface area contributed by atoms with Crippen molar-refractivity contribution in [1.82, 2.24) is 10.3 Å². The predicted molar refractivity (Wildman–Crippen MR) is 104 cm³/mol. The molecule has 0 aliphatic heterocycles. The van der Waals surface area contributed by atoms with Crippen molar-refractivity contribution in [3.05, 3.63) is 45.4 Å². The molecule has 0 spiro atoms. The topological polar surface area (TPSA) is 97.1 Å². The number of carbonyl (C=O) groups excluding carboxylic acids is 2. The lowest BCUT2D eigenvalue weighted by Crippen LogP contribution is -2.27. The van der Waals surface area contributed by atoms with Gasteiger partial charge in [0.15, 0.2) is 0 Å². The molecule has 8 heteroatoms. The highest BCUT2D eigenvalue weighted by Gasteiger charge is 2.13. The molecule has 0 saturated heterocycles. The Morgan fingerprint density at radius 1 is 1.28 bits per heavy atom. The molecule has 4 N–H and O–H groups in total. The predicted octanol–water partition coefficient (Wildman–Crippen LogP) is 2.97. The Balaban J connectivity index is 0.00000312. The van der Waals surface area contributed by atoms with Crippen LogP contribution in [0.25, 0.3) is 0 Å². The molecule has 6 nitrogen and oxygen atoms in total. The molecule has 0 radical (unpaired) electrons. The minimum atomic E-state index is -0.286. The quantitative estimate of drug-likeness (QED) is 0.715. The lowest BCUT2D eigenvalue weighted by atomic mass is 10.1. The van der Waals surface area contributed by atoms with E-state index in [-0.39, 0.29) is 24.2 Å². The fourth-order valence-corrected chi connectivity index (χ4v) is 2.69. The molecular weight excluding hydrogens is 360 g/mol. The van der Waals surface area contributed by atoms with Crippen molar-refractivity contribution in [1.29, 1.82) is 0 Å². The number of nitrogens with two attached hydrogens (primary N) is 1. The molecule has 0 unspecified atom stereocenters. The van der Waals surface area contributed by atoms with Crippen LogP contribution in [0.4, 0.5) is 5.69 Å². The zero-order valence-electron chi connectivity index (χ0n) is 14.5. The largest absolute Gasteiger partial charge is 0.352 e. The summed E-state index contributed by atoms with van der Waals surface area (Å²) in [6, 6.07) is 5.19. The first-order chi connectivity index (χ1) is 11.4. The molecule has 0 aliphatic carbocycles. The van der Waals surface area contributed by atoms with Crippen LogP contribution < -0.4 is 16.4 Å². The number of hydrogen-bond acceptors (Lipinski definition) is 5. The summed E-state index contributed by atoms with van der Waals surface area (Å²) in [5.74, 6) is -0.00652. The molecule has 0 fully saturated rings. The Hall–Kier alpha value is -1.96. The second-order valence-electron chi connectivity index (χ2n) is 5.92. The molecule has 0 atom stereocenters. The maximum absolute atomic E-state index is 12.2. The summed E-state index contributed by atoms with van der Waals surface area (Å²) in [5.41, 5.74) is 7.90. The number of aryl methyl sites for hydroxylation is 1. The van der Waals surface area contributed by atoms with Gasteiger partial charge in [0.05, 0.1) is 0 Å². The molecule has 136 valence electrons. The van der Waals surface area contributed by atoms with Crippen LogP contribution in [-0.4, -0.2) is 23.3 Å². The number of rotatable bonds is 6. The van der Waals surface area contributed by atoms with Crippen molar-refractivity contribution in [2.24, 2.45) is 11.7 Å². The highest BCUT2D eigenvalue weighted by atomic mass is 35.5. The molecule has 0 saturated carbocycles. The van der Waals surface area contributed by atoms with Gasteiger partial charge < -0.3 is 16.4 Å². The van der Waals surface area contributed by atoms with Crippen molar-refractivity contribution >= 4 is 41.2 Å². The van der Waals surface area contributed by atoms with E-state index in [9.17, 15) is 9.59 Å². The maximum atomic E-state index is 12.2. The van der Waals surface area contributed by atoms with Gasteiger partial charge in [-0.2, -0.15) is 0 Å². The standard InChI is InChI=1S/C17H22N4O2S.ClH/c1-10(2)8-19-16(22)12-4-5-13(11(3)6-12)21-17(23)14-9-24-15(7-18)20-14;/h4-6,9-10H,7-8,18H2,1-3H3,(H,19,22)(H,21,23);1H. The molecule has 0 aliphatic rings. The Morgan fingerprint density at radius 2 is 2.00 bits per heavy atom. The van der Waals surface area contributed by atoms with Crippen LogP contribution in [0.5, 0.6) is 0 Å². The lowest BCUT2D eigenvalue weighted by Gasteiger charge is -2.11. The van der Waals surface area contributed by atoms with E-state index >= 15 is 0 Å². The third kappa shape index (κ3) is 5.81. The van der Waals surface area contributed by atoms with Gasteiger partial charge in [0, 0.05) is 29.7 Å². The van der Waals surface area contributed by atoms with Crippen molar-refractivity contribution in [3.8, 4) is 0 Å². The Morgan fingerprint density at radius 3 is 2.56 bits per heavy atom. The number of aromatic nitrogens is 1. The summed E-state index contributed by atoms with van der Waals surface area (Å²) in [7, 11) is 0. The van der Waals surface area contributed by atoms with E-state index in [0.29, 0.717) is 41.0 Å². The molecule has 2 aromatic rings. The van der Waals surface area contributed by atoms with Crippen LogP contribution in [-0.2, 0) is 6.54 Å². The zero-order valence-corrected chi connectivity index (χ0v) is 16.1. The summed E-state index contributed by atoms with van der Waals surface area (Å²) in [5, 5.41) is 8.08. The summed E-state index contributed by atoms with van der Waals surface area (Å²) in [6.45, 7) is 6.87. The number of nitrogens with one attached hydrogen (secondary N) is 2. The summed E-state index contributed by atoms with van der Waals surface area (Å²) in [4.78, 5) is 28.4. The molecule has 1 heterocycles. The third-order valence-electron chi connectivity index (χ3n) is 3.37. The van der Waals surface area contributed by atoms with E-state index in [1.165, 1.54) is 11.3 Å². The number of benzene rings is 1. The smallest absolute Gasteiger partial charge is 0.275 e. The van der Waals surface area contributed by atoms with Crippen LogP contribution in [0, 0.1) is 12.8 Å². The average molecular weight is 383 g/mol. The Bertz CT molecular complexity index is 746. The number of anilines is 1. The SMILES string of the molecule is Cc1cc(C(=O)NCC(C)C)ccc1NC(=O)c1csc(CN)n1.Cl. The van der Waals surface area contributed by atoms with Gasteiger partial charge in [0.1, 0.15) is 10.7 Å². The van der Waals surface area contributed by atoms with Crippen LogP contribution in [0.1, 0.15) is 45.3 Å². The molecule has 1 aromatic carbocycles. The molecule has 1 aromatic heterocycles. The average Bonchev–Trinajstić information content (AvgIpc) is 3.03. The summed E-state index contributed by atoms with van der Waals surface area (Å²) >= 11 is 1.36. The van der Waals surface area contributed by atoms with E-state index in [2.05, 4.69) is 15.6 Å². The summed E-state index contributed by atoms with van der Waals surface area (Å²) in [6.07, 6.45) is 0. The summed E-state index contributed by atoms with van der Waals surface area (Å²) < 4.78 is 0. The molecule has 2 rings (SSSR count). The minimum absolute atomic E-state index is 0. The monoisotopic (exact) mass is 382 g/mol. The van der Waals surface area contributed by atoms with Crippen molar-refractivity contribution in [2.75, 3.05) is 11.9 Å². The first-order valence-corrected chi connectivity index (χ1v) is 8.63. The molecule has 25 heavy (non-hydrogen) atoms. The number of carbonyl (C=O) groups is 2. The maximum Gasteiger partial charge on any atom is 0.275 e. The second kappa shape index (κ2) is 9.50. The second-order valence-corrected chi connectivity index (χ2v) is 6.86. The van der Waals surface area contributed by atoms with Crippen molar-refractivity contribution in [2.45, 2.75) is 27.3 Å². The van der Waals surface area contributed by atoms with E-state index in [4.69, 9.17) is 5.73 Å². The van der Waals surface area contributed by atoms with E-state index < -0.39 is 0 Å². The van der Waals surface area contributed by atoms with Crippen molar-refractivity contribution in [3.63, 3.8) is 0 Å². The highest BCUT2D eigenvalue weighted by molar-refractivity contribution is 7.09. The Kier molecular flexibility index (Phi) is 8.02. The van der Waals surface area contributed by atoms with Gasteiger partial charge in [0.25, 0.3) is 11.8 Å². The first-order valence-electron chi connectivity index (χ1n) is 7.75. The minimum Gasteiger partial charge on any atom is -0.352 e. The van der Waals surface area contributed by atoms with Crippen molar-refractivity contribution < 1.29 is 9.59 Å². The van der Waals surface area contributed by atoms with Gasteiger partial charge in [-0.15, -0.1) is 23.7 Å². The molecule has 2 amide bonds. The van der Waals surface area contributed by atoms with Crippen LogP contribution >= 0.6 is 23.7 Å². The zero-order chi connectivity index (χ0) is 17.7. The van der Waals surface area contributed by atoms with E-state index in [1.807, 2.05) is 20.8 Å². The molecule has 0 bridgehead atoms. The highest BCUT2D eigenvalue weighted by Crippen LogP contribution is 2.18. The van der Waals surface area contributed by atoms with E-state index in [1.54, 1.807) is 23.6 Å². The number of amides is 2. The normalized spacial score (nSPS) is 10.3. The van der Waals surface area contributed by atoms with Crippen LogP contribution in [0.3, 0.4) is 0 Å². The number of hydrogen-bond donors (Lipinski definition) is 3. The third-order valence-corrected chi connectivity index (χ3v) is 4.24. The van der Waals surface area contributed by atoms with Gasteiger partial charge in [0.2, 0.25) is 0 Å². The van der Waals surface area contributed by atoms with Gasteiger partial charge in [-0.25, -0.2) is 4.98 Å². The van der Waals surface area contributed by atoms with Crippen LogP contribution in [0.15, 0.2) is 23.6 Å². The van der Waals surface area contributed by atoms with Gasteiger partial charge in [-0.05, 0) is 36.6 Å². The first kappa shape index (κ1) is 21.1. The van der Waals surface area contributed by atoms with Gasteiger partial charge >= 0.3 is 0 Å². The van der Waals surface area contributed by atoms with E-state index in [0.717, 1.165) is 5.56 Å². The fourth-order valence-electron chi connectivity index (χ4n) is 2.04. The number of nitrogens with zero attached hydrogens (tertiary/aromatic N) is 1. The van der Waals surface area contributed by atoms with Crippen LogP contribution in [0.2, 0.25) is 0 Å². The number of thiazole rings is 1. The van der Waals surface area contributed by atoms with Gasteiger partial charge in [-0.3, -0.25) is 9.59 Å². The Labute approximate surface area is 157 Å².